The second-order valence-electron chi connectivity index (χ2n) is 9.74. The van der Waals surface area contributed by atoms with E-state index >= 15 is 0 Å². The molecule has 1 fully saturated rings. The summed E-state index contributed by atoms with van der Waals surface area (Å²) in [6.07, 6.45) is 4.48. The molecule has 1 saturated heterocycles. The Morgan fingerprint density at radius 1 is 1.21 bits per heavy atom. The molecule has 0 bridgehead atoms. The molecule has 5 N–H and O–H groups in total. The van der Waals surface area contributed by atoms with Crippen molar-refractivity contribution in [3.63, 3.8) is 0 Å². The summed E-state index contributed by atoms with van der Waals surface area (Å²) < 4.78 is 1.12. The van der Waals surface area contributed by atoms with Gasteiger partial charge in [-0.15, -0.1) is 0 Å². The van der Waals surface area contributed by atoms with E-state index in [9.17, 15) is 19.6 Å². The number of imidazole rings is 1. The first-order valence-electron chi connectivity index (χ1n) is 12.6. The third-order valence-electron chi connectivity index (χ3n) is 6.41. The number of nitrogens with zero attached hydrogens (tertiary/aromatic N) is 5. The van der Waals surface area contributed by atoms with E-state index in [4.69, 9.17) is 11.6 Å². The van der Waals surface area contributed by atoms with Crippen LogP contribution in [0.3, 0.4) is 0 Å². The number of nitrogen functional groups attached to an aromatic ring is 1. The number of hydrogen-bond acceptors (Lipinski definition) is 7. The SMILES string of the molecule is Cc1ccnc(NC(=O)c2ccc(-c3nc([C@@H]4CCCN4C(=O)/C(C#N)=C/C(C)C)n(N)c3C(N)=O)cc2)c1. The largest absolute Gasteiger partial charge is 0.364 e. The number of likely N-dealkylation sites (tertiary alicyclic amines) is 1. The molecule has 2 aromatic heterocycles. The molecule has 11 heteroatoms. The van der Waals surface area contributed by atoms with Crippen LogP contribution in [0.25, 0.3) is 11.3 Å². The number of nitrogens with two attached hydrogens (primary N) is 2. The maximum Gasteiger partial charge on any atom is 0.269 e. The van der Waals surface area contributed by atoms with Gasteiger partial charge in [-0.1, -0.05) is 32.1 Å². The maximum atomic E-state index is 13.2. The van der Waals surface area contributed by atoms with Crippen LogP contribution in [0.1, 0.15) is 65.0 Å². The van der Waals surface area contributed by atoms with Crippen molar-refractivity contribution >= 4 is 23.5 Å². The fourth-order valence-corrected chi connectivity index (χ4v) is 4.62. The van der Waals surface area contributed by atoms with Gasteiger partial charge in [-0.05, 0) is 55.5 Å². The van der Waals surface area contributed by atoms with Gasteiger partial charge in [-0.2, -0.15) is 5.26 Å². The number of aromatic nitrogens is 3. The van der Waals surface area contributed by atoms with E-state index in [1.807, 2.05) is 32.9 Å². The number of amides is 3. The van der Waals surface area contributed by atoms with Crippen molar-refractivity contribution in [1.29, 1.82) is 5.26 Å². The normalized spacial score (nSPS) is 15.3. The predicted molar refractivity (Wildman–Crippen MR) is 145 cm³/mol. The van der Waals surface area contributed by atoms with Crippen molar-refractivity contribution in [1.82, 2.24) is 19.5 Å². The fourth-order valence-electron chi connectivity index (χ4n) is 4.62. The van der Waals surface area contributed by atoms with Crippen molar-refractivity contribution < 1.29 is 14.4 Å². The molecule has 11 nitrogen and oxygen atoms in total. The van der Waals surface area contributed by atoms with E-state index in [0.29, 0.717) is 42.2 Å². The second-order valence-corrected chi connectivity index (χ2v) is 9.74. The maximum absolute atomic E-state index is 13.2. The summed E-state index contributed by atoms with van der Waals surface area (Å²) in [6.45, 7) is 6.10. The molecule has 4 rings (SSSR count). The third kappa shape index (κ3) is 5.65. The van der Waals surface area contributed by atoms with Crippen molar-refractivity contribution in [2.24, 2.45) is 11.7 Å². The van der Waals surface area contributed by atoms with Crippen molar-refractivity contribution in [3.8, 4) is 17.3 Å². The van der Waals surface area contributed by atoms with Gasteiger partial charge in [0.1, 0.15) is 23.2 Å². The van der Waals surface area contributed by atoms with Crippen molar-refractivity contribution in [3.05, 3.63) is 76.9 Å². The fraction of sp³-hybridized carbons (Fsp3) is 0.286. The Hall–Kier alpha value is -4.98. The minimum Gasteiger partial charge on any atom is -0.364 e. The smallest absolute Gasteiger partial charge is 0.269 e. The Bertz CT molecular complexity index is 1500. The average molecular weight is 527 g/mol. The number of rotatable bonds is 7. The number of anilines is 1. The Kier molecular flexibility index (Phi) is 7.76. The van der Waals surface area contributed by atoms with Gasteiger partial charge in [0.05, 0.1) is 6.04 Å². The van der Waals surface area contributed by atoms with Gasteiger partial charge in [0.15, 0.2) is 11.5 Å². The number of nitriles is 1. The molecule has 0 spiro atoms. The van der Waals surface area contributed by atoms with Gasteiger partial charge in [0.2, 0.25) is 0 Å². The highest BCUT2D eigenvalue weighted by atomic mass is 16.2. The standard InChI is InChI=1S/C28H30N8O3/c1-16(2)13-20(15-29)28(39)35-12-4-5-21(35)26-34-23(24(25(30)37)36(26)31)18-6-8-19(9-7-18)27(38)33-22-14-17(3)10-11-32-22/h6-11,13-14,16,21H,4-5,12,31H2,1-3H3,(H2,30,37)(H,32,33,38)/b20-13+/t21-/m0/s1. The van der Waals surface area contributed by atoms with E-state index in [-0.39, 0.29) is 28.8 Å². The Morgan fingerprint density at radius 2 is 1.92 bits per heavy atom. The van der Waals surface area contributed by atoms with Crippen LogP contribution in [0.4, 0.5) is 5.82 Å². The van der Waals surface area contributed by atoms with Crippen LogP contribution in [-0.2, 0) is 4.79 Å². The minimum atomic E-state index is -0.785. The summed E-state index contributed by atoms with van der Waals surface area (Å²) in [5.74, 6) is 5.53. The summed E-state index contributed by atoms with van der Waals surface area (Å²) in [5, 5.41) is 12.3. The molecular formula is C28H30N8O3. The number of aryl methyl sites for hydroxylation is 1. The number of pyridine rings is 1. The van der Waals surface area contributed by atoms with Crippen molar-refractivity contribution in [2.75, 3.05) is 17.7 Å². The first-order valence-corrected chi connectivity index (χ1v) is 12.6. The number of carbonyl (C=O) groups is 3. The topological polar surface area (TPSA) is 173 Å². The van der Waals surface area contributed by atoms with Crippen LogP contribution in [-0.4, -0.2) is 43.8 Å². The summed E-state index contributed by atoms with van der Waals surface area (Å²) in [7, 11) is 0. The molecule has 1 aromatic carbocycles. The molecule has 3 amide bonds. The van der Waals surface area contributed by atoms with Gasteiger partial charge >= 0.3 is 0 Å². The molecule has 0 radical (unpaired) electrons. The number of nitrogens with one attached hydrogen (secondary N) is 1. The zero-order chi connectivity index (χ0) is 28.3. The van der Waals surface area contributed by atoms with E-state index in [1.54, 1.807) is 47.5 Å². The van der Waals surface area contributed by atoms with Crippen LogP contribution in [0.5, 0.6) is 0 Å². The molecule has 0 aliphatic carbocycles. The lowest BCUT2D eigenvalue weighted by atomic mass is 10.1. The van der Waals surface area contributed by atoms with Crippen LogP contribution in [0.2, 0.25) is 0 Å². The number of primary amides is 1. The molecule has 3 aromatic rings. The van der Waals surface area contributed by atoms with Gasteiger partial charge in [0, 0.05) is 23.9 Å². The van der Waals surface area contributed by atoms with E-state index in [0.717, 1.165) is 10.2 Å². The molecule has 1 aliphatic rings. The Balaban J connectivity index is 1.64. The molecule has 200 valence electrons. The van der Waals surface area contributed by atoms with E-state index in [1.165, 1.54) is 0 Å². The third-order valence-corrected chi connectivity index (χ3v) is 6.41. The molecule has 39 heavy (non-hydrogen) atoms. The van der Waals surface area contributed by atoms with Crippen LogP contribution >= 0.6 is 0 Å². The van der Waals surface area contributed by atoms with Gasteiger partial charge in [0.25, 0.3) is 17.7 Å². The molecule has 0 unspecified atom stereocenters. The monoisotopic (exact) mass is 526 g/mol. The van der Waals surface area contributed by atoms with Gasteiger partial charge in [-0.25, -0.2) is 14.6 Å². The highest BCUT2D eigenvalue weighted by Crippen LogP contribution is 2.35. The molecule has 3 heterocycles. The highest BCUT2D eigenvalue weighted by molar-refractivity contribution is 6.04. The molecule has 1 aliphatic heterocycles. The minimum absolute atomic E-state index is 0.0207. The molecular weight excluding hydrogens is 496 g/mol. The molecule has 1 atom stereocenters. The van der Waals surface area contributed by atoms with Gasteiger partial charge in [-0.3, -0.25) is 14.4 Å². The second kappa shape index (κ2) is 11.2. The zero-order valence-electron chi connectivity index (χ0n) is 22.0. The lowest BCUT2D eigenvalue weighted by Gasteiger charge is -2.24. The summed E-state index contributed by atoms with van der Waals surface area (Å²) >= 11 is 0. The van der Waals surface area contributed by atoms with Gasteiger partial charge < -0.3 is 21.8 Å². The van der Waals surface area contributed by atoms with E-state index < -0.39 is 17.9 Å². The zero-order valence-corrected chi connectivity index (χ0v) is 22.0. The quantitative estimate of drug-likeness (QED) is 0.241. The highest BCUT2D eigenvalue weighted by Gasteiger charge is 2.36. The number of carbonyl (C=O) groups excluding carboxylic acids is 3. The van der Waals surface area contributed by atoms with Crippen LogP contribution < -0.4 is 16.9 Å². The number of benzene rings is 1. The summed E-state index contributed by atoms with van der Waals surface area (Å²) in [6, 6.07) is 11.5. The van der Waals surface area contributed by atoms with Crippen molar-refractivity contribution in [2.45, 2.75) is 39.7 Å². The van der Waals surface area contributed by atoms with E-state index in [2.05, 4.69) is 15.3 Å². The Labute approximate surface area is 226 Å². The lowest BCUT2D eigenvalue weighted by molar-refractivity contribution is -0.127. The van der Waals surface area contributed by atoms with Crippen LogP contribution in [0, 0.1) is 24.2 Å². The first kappa shape index (κ1) is 27.1. The first-order chi connectivity index (χ1) is 18.6. The number of hydrogen-bond donors (Lipinski definition) is 3. The molecule has 0 saturated carbocycles. The van der Waals surface area contributed by atoms with Crippen LogP contribution in [0.15, 0.2) is 54.2 Å². The Morgan fingerprint density at radius 3 is 2.54 bits per heavy atom. The lowest BCUT2D eigenvalue weighted by Crippen LogP contribution is -2.34. The summed E-state index contributed by atoms with van der Waals surface area (Å²) in [4.78, 5) is 48.6. The predicted octanol–water partition coefficient (Wildman–Crippen LogP) is 3.09. The average Bonchev–Trinajstić information content (AvgIpc) is 3.51. The number of allylic oxidation sites excluding steroid dienone is 1. The summed E-state index contributed by atoms with van der Waals surface area (Å²) in [5.41, 5.74) is 7.81.